The van der Waals surface area contributed by atoms with Gasteiger partial charge in [0.15, 0.2) is 0 Å². The molecule has 0 spiro atoms. The summed E-state index contributed by atoms with van der Waals surface area (Å²) >= 11 is 1.51. The molecule has 24 heavy (non-hydrogen) atoms. The molecule has 0 aliphatic carbocycles. The van der Waals surface area contributed by atoms with E-state index in [4.69, 9.17) is 0 Å². The lowest BCUT2D eigenvalue weighted by atomic mass is 10.2. The fourth-order valence-electron chi connectivity index (χ4n) is 2.02. The zero-order valence-corrected chi connectivity index (χ0v) is 13.4. The van der Waals surface area contributed by atoms with Crippen LogP contribution >= 0.6 is 11.8 Å². The number of nitrogens with one attached hydrogen (secondary N) is 1. The van der Waals surface area contributed by atoms with E-state index in [0.29, 0.717) is 17.9 Å². The summed E-state index contributed by atoms with van der Waals surface area (Å²) in [7, 11) is 0. The van der Waals surface area contributed by atoms with Crippen molar-refractivity contribution in [1.82, 2.24) is 20.2 Å². The van der Waals surface area contributed by atoms with E-state index in [1.54, 1.807) is 24.3 Å². The number of aromatic nitrogens is 4. The molecule has 0 aliphatic heterocycles. The van der Waals surface area contributed by atoms with Gasteiger partial charge in [-0.1, -0.05) is 6.07 Å². The first kappa shape index (κ1) is 16.1. The van der Waals surface area contributed by atoms with Crippen LogP contribution in [0, 0.1) is 5.82 Å². The fraction of sp³-hybridized carbons (Fsp3) is 0.125. The van der Waals surface area contributed by atoms with E-state index in [-0.39, 0.29) is 11.7 Å². The summed E-state index contributed by atoms with van der Waals surface area (Å²) in [6, 6.07) is 13.5. The average molecular weight is 343 g/mol. The number of benzene rings is 2. The molecule has 0 unspecified atom stereocenters. The number of rotatable bonds is 6. The van der Waals surface area contributed by atoms with Gasteiger partial charge in [-0.3, -0.25) is 4.79 Å². The second kappa shape index (κ2) is 7.69. The first-order valence-electron chi connectivity index (χ1n) is 7.22. The zero-order chi connectivity index (χ0) is 16.8. The third-order valence-corrected chi connectivity index (χ3v) is 4.17. The van der Waals surface area contributed by atoms with Gasteiger partial charge in [-0.25, -0.2) is 9.07 Å². The van der Waals surface area contributed by atoms with Crippen LogP contribution in [0.2, 0.25) is 0 Å². The summed E-state index contributed by atoms with van der Waals surface area (Å²) in [6.45, 7) is 0. The molecule has 122 valence electrons. The van der Waals surface area contributed by atoms with Crippen LogP contribution in [-0.4, -0.2) is 31.9 Å². The number of carbonyl (C=O) groups is 1. The lowest BCUT2D eigenvalue weighted by Gasteiger charge is -2.07. The van der Waals surface area contributed by atoms with Gasteiger partial charge < -0.3 is 5.32 Å². The third-order valence-electron chi connectivity index (χ3n) is 3.15. The van der Waals surface area contributed by atoms with Crippen molar-refractivity contribution in [2.24, 2.45) is 0 Å². The maximum absolute atomic E-state index is 12.8. The van der Waals surface area contributed by atoms with E-state index in [1.807, 2.05) is 12.1 Å². The van der Waals surface area contributed by atoms with Crippen molar-refractivity contribution < 1.29 is 9.18 Å². The Morgan fingerprint density at radius 1 is 1.21 bits per heavy atom. The highest BCUT2D eigenvalue weighted by atomic mass is 32.2. The van der Waals surface area contributed by atoms with Crippen LogP contribution in [0.4, 0.5) is 10.1 Å². The van der Waals surface area contributed by atoms with Gasteiger partial charge in [-0.15, -0.1) is 16.9 Å². The lowest BCUT2D eigenvalue weighted by molar-refractivity contribution is -0.115. The summed E-state index contributed by atoms with van der Waals surface area (Å²) in [5.41, 5.74) is 1.44. The minimum Gasteiger partial charge on any atom is -0.326 e. The molecular weight excluding hydrogens is 329 g/mol. The van der Waals surface area contributed by atoms with Crippen LogP contribution in [0.5, 0.6) is 0 Å². The predicted molar refractivity (Wildman–Crippen MR) is 89.5 cm³/mol. The molecule has 0 aliphatic rings. The van der Waals surface area contributed by atoms with Gasteiger partial charge in [0.2, 0.25) is 5.91 Å². The Kier molecular flexibility index (Phi) is 5.17. The van der Waals surface area contributed by atoms with Crippen molar-refractivity contribution in [3.63, 3.8) is 0 Å². The van der Waals surface area contributed by atoms with E-state index in [1.165, 1.54) is 34.9 Å². The second-order valence-corrected chi connectivity index (χ2v) is 6.07. The van der Waals surface area contributed by atoms with Crippen LogP contribution in [-0.2, 0) is 4.79 Å². The molecule has 0 fully saturated rings. The Morgan fingerprint density at radius 2 is 2.04 bits per heavy atom. The van der Waals surface area contributed by atoms with Crippen molar-refractivity contribution >= 4 is 23.4 Å². The number of nitrogens with zero attached hydrogens (tertiary/aromatic N) is 4. The number of thioether (sulfide) groups is 1. The minimum atomic E-state index is -0.264. The topological polar surface area (TPSA) is 72.7 Å². The summed E-state index contributed by atoms with van der Waals surface area (Å²) in [4.78, 5) is 13.0. The average Bonchev–Trinajstić information content (AvgIpc) is 3.11. The van der Waals surface area contributed by atoms with E-state index < -0.39 is 0 Å². The van der Waals surface area contributed by atoms with Crippen LogP contribution in [0.25, 0.3) is 5.69 Å². The van der Waals surface area contributed by atoms with Crippen molar-refractivity contribution in [3.05, 3.63) is 60.7 Å². The van der Waals surface area contributed by atoms with Crippen LogP contribution in [0.3, 0.4) is 0 Å². The quantitative estimate of drug-likeness (QED) is 0.697. The highest BCUT2D eigenvalue weighted by Crippen LogP contribution is 2.19. The molecule has 2 aromatic carbocycles. The largest absolute Gasteiger partial charge is 0.326 e. The predicted octanol–water partition coefficient (Wildman–Crippen LogP) is 2.92. The number of amides is 1. The Bertz CT molecular complexity index is 808. The monoisotopic (exact) mass is 343 g/mol. The van der Waals surface area contributed by atoms with E-state index in [2.05, 4.69) is 20.8 Å². The molecule has 0 saturated heterocycles. The number of hydrogen-bond donors (Lipinski definition) is 1. The van der Waals surface area contributed by atoms with Gasteiger partial charge >= 0.3 is 0 Å². The van der Waals surface area contributed by atoms with E-state index in [0.717, 1.165) is 10.6 Å². The van der Waals surface area contributed by atoms with E-state index >= 15 is 0 Å². The fourth-order valence-corrected chi connectivity index (χ4v) is 2.87. The molecule has 8 heteroatoms. The second-order valence-electron chi connectivity index (χ2n) is 4.91. The highest BCUT2D eigenvalue weighted by Gasteiger charge is 2.05. The maximum atomic E-state index is 12.8. The molecule has 6 nitrogen and oxygen atoms in total. The Labute approximate surface area is 142 Å². The molecule has 3 aromatic rings. The van der Waals surface area contributed by atoms with Gasteiger partial charge in [0.05, 0.1) is 5.69 Å². The number of anilines is 1. The molecule has 0 atom stereocenters. The Balaban J connectivity index is 1.51. The highest BCUT2D eigenvalue weighted by molar-refractivity contribution is 7.99. The van der Waals surface area contributed by atoms with Crippen molar-refractivity contribution in [1.29, 1.82) is 0 Å². The maximum Gasteiger partial charge on any atom is 0.225 e. The van der Waals surface area contributed by atoms with Gasteiger partial charge in [0.25, 0.3) is 0 Å². The Hall–Kier alpha value is -2.74. The third kappa shape index (κ3) is 4.39. The summed E-state index contributed by atoms with van der Waals surface area (Å²) in [5.74, 6) is 0.266. The SMILES string of the molecule is O=C(CCSc1ccc(F)cc1)Nc1cccc(-n2cnnn2)c1. The first-order chi connectivity index (χ1) is 11.7. The number of halogens is 1. The van der Waals surface area contributed by atoms with Crippen molar-refractivity contribution in [2.75, 3.05) is 11.1 Å². The zero-order valence-electron chi connectivity index (χ0n) is 12.6. The molecule has 0 radical (unpaired) electrons. The minimum absolute atomic E-state index is 0.0847. The van der Waals surface area contributed by atoms with Crippen LogP contribution < -0.4 is 5.32 Å². The van der Waals surface area contributed by atoms with Crippen molar-refractivity contribution in [2.45, 2.75) is 11.3 Å². The molecule has 0 bridgehead atoms. The standard InChI is InChI=1S/C16H14FN5OS/c17-12-4-6-15(7-5-12)24-9-8-16(23)19-13-2-1-3-14(10-13)22-11-18-20-21-22/h1-7,10-11H,8-9H2,(H,19,23). The van der Waals surface area contributed by atoms with Gasteiger partial charge in [-0.2, -0.15) is 0 Å². The summed E-state index contributed by atoms with van der Waals surface area (Å²) < 4.78 is 14.3. The molecular formula is C16H14FN5OS. The number of carbonyl (C=O) groups excluding carboxylic acids is 1. The van der Waals surface area contributed by atoms with Gasteiger partial charge in [0.1, 0.15) is 12.1 Å². The van der Waals surface area contributed by atoms with E-state index in [9.17, 15) is 9.18 Å². The van der Waals surface area contributed by atoms with Crippen LogP contribution in [0.15, 0.2) is 59.8 Å². The molecule has 1 N–H and O–H groups in total. The number of tetrazole rings is 1. The molecule has 1 amide bonds. The molecule has 1 heterocycles. The smallest absolute Gasteiger partial charge is 0.225 e. The van der Waals surface area contributed by atoms with Gasteiger partial charge in [-0.05, 0) is 52.9 Å². The molecule has 1 aromatic heterocycles. The summed E-state index contributed by atoms with van der Waals surface area (Å²) in [6.07, 6.45) is 1.84. The normalized spacial score (nSPS) is 10.5. The number of hydrogen-bond acceptors (Lipinski definition) is 5. The first-order valence-corrected chi connectivity index (χ1v) is 8.21. The summed E-state index contributed by atoms with van der Waals surface area (Å²) in [5, 5.41) is 13.8. The molecule has 3 rings (SSSR count). The van der Waals surface area contributed by atoms with Crippen molar-refractivity contribution in [3.8, 4) is 5.69 Å². The Morgan fingerprint density at radius 3 is 2.79 bits per heavy atom. The molecule has 0 saturated carbocycles. The lowest BCUT2D eigenvalue weighted by Crippen LogP contribution is -2.12. The van der Waals surface area contributed by atoms with Crippen LogP contribution in [0.1, 0.15) is 6.42 Å². The van der Waals surface area contributed by atoms with Gasteiger partial charge in [0, 0.05) is 22.8 Å².